The molecule has 0 aliphatic heterocycles. The van der Waals surface area contributed by atoms with Crippen LogP contribution in [-0.2, 0) is 6.42 Å². The molecule has 0 spiro atoms. The Labute approximate surface area is 103 Å². The highest BCUT2D eigenvalue weighted by molar-refractivity contribution is 7.14. The van der Waals surface area contributed by atoms with Crippen LogP contribution in [0.3, 0.4) is 0 Å². The lowest BCUT2D eigenvalue weighted by Crippen LogP contribution is -1.99. The first-order valence-electron chi connectivity index (χ1n) is 5.08. The third-order valence-corrected chi connectivity index (χ3v) is 3.51. The molecule has 0 bridgehead atoms. The van der Waals surface area contributed by atoms with Crippen LogP contribution in [0.1, 0.15) is 11.4 Å². The van der Waals surface area contributed by atoms with E-state index < -0.39 is 0 Å². The zero-order valence-corrected chi connectivity index (χ0v) is 10.3. The summed E-state index contributed by atoms with van der Waals surface area (Å²) in [6.45, 7) is 0.682. The first-order chi connectivity index (χ1) is 7.81. The second kappa shape index (κ2) is 5.39. The number of benzene rings is 1. The van der Waals surface area contributed by atoms with E-state index in [2.05, 4.69) is 10.2 Å². The molecule has 0 amide bonds. The van der Waals surface area contributed by atoms with E-state index in [1.54, 1.807) is 11.3 Å². The molecule has 0 saturated carbocycles. The van der Waals surface area contributed by atoms with Crippen molar-refractivity contribution in [2.24, 2.45) is 5.73 Å². The molecular weight excluding hydrogens is 242 g/mol. The summed E-state index contributed by atoms with van der Waals surface area (Å²) < 4.78 is 0. The van der Waals surface area contributed by atoms with Gasteiger partial charge in [-0.1, -0.05) is 41.1 Å². The molecule has 0 unspecified atom stereocenters. The van der Waals surface area contributed by atoms with Crippen molar-refractivity contribution in [3.63, 3.8) is 0 Å². The number of halogens is 1. The van der Waals surface area contributed by atoms with Crippen molar-refractivity contribution in [2.75, 3.05) is 6.54 Å². The maximum Gasteiger partial charge on any atom is 0.149 e. The van der Waals surface area contributed by atoms with Gasteiger partial charge in [0.15, 0.2) is 0 Å². The minimum atomic E-state index is 0.682. The Hall–Kier alpha value is -0.970. The lowest BCUT2D eigenvalue weighted by atomic mass is 10.2. The SMILES string of the molecule is NCCCc1nnc(-c2ccccc2Cl)s1. The monoisotopic (exact) mass is 253 g/mol. The first-order valence-corrected chi connectivity index (χ1v) is 6.28. The van der Waals surface area contributed by atoms with Crippen molar-refractivity contribution in [1.29, 1.82) is 0 Å². The van der Waals surface area contributed by atoms with Crippen LogP contribution < -0.4 is 5.73 Å². The molecule has 2 aromatic rings. The van der Waals surface area contributed by atoms with Crippen LogP contribution in [0.4, 0.5) is 0 Å². The van der Waals surface area contributed by atoms with Crippen molar-refractivity contribution in [3.05, 3.63) is 34.3 Å². The van der Waals surface area contributed by atoms with Crippen LogP contribution >= 0.6 is 22.9 Å². The summed E-state index contributed by atoms with van der Waals surface area (Å²) in [4.78, 5) is 0. The van der Waals surface area contributed by atoms with E-state index in [-0.39, 0.29) is 0 Å². The fourth-order valence-electron chi connectivity index (χ4n) is 1.35. The van der Waals surface area contributed by atoms with E-state index in [0.717, 1.165) is 28.4 Å². The van der Waals surface area contributed by atoms with Gasteiger partial charge in [0.25, 0.3) is 0 Å². The average molecular weight is 254 g/mol. The highest BCUT2D eigenvalue weighted by Crippen LogP contribution is 2.29. The molecule has 16 heavy (non-hydrogen) atoms. The summed E-state index contributed by atoms with van der Waals surface area (Å²) in [5.74, 6) is 0. The minimum absolute atomic E-state index is 0.682. The predicted octanol–water partition coefficient (Wildman–Crippen LogP) is 2.75. The summed E-state index contributed by atoms with van der Waals surface area (Å²) in [5, 5.41) is 10.9. The van der Waals surface area contributed by atoms with Crippen LogP contribution in [0.15, 0.2) is 24.3 Å². The van der Waals surface area contributed by atoms with Gasteiger partial charge in [0.1, 0.15) is 10.0 Å². The molecule has 1 aromatic carbocycles. The van der Waals surface area contributed by atoms with Crippen molar-refractivity contribution in [3.8, 4) is 10.6 Å². The highest BCUT2D eigenvalue weighted by Gasteiger charge is 2.08. The van der Waals surface area contributed by atoms with E-state index in [1.807, 2.05) is 24.3 Å². The topological polar surface area (TPSA) is 51.8 Å². The van der Waals surface area contributed by atoms with Crippen LogP contribution in [0, 0.1) is 0 Å². The number of hydrogen-bond acceptors (Lipinski definition) is 4. The summed E-state index contributed by atoms with van der Waals surface area (Å²) in [7, 11) is 0. The predicted molar refractivity (Wildman–Crippen MR) is 67.7 cm³/mol. The Kier molecular flexibility index (Phi) is 3.88. The van der Waals surface area contributed by atoms with E-state index >= 15 is 0 Å². The number of nitrogens with zero attached hydrogens (tertiary/aromatic N) is 2. The largest absolute Gasteiger partial charge is 0.330 e. The number of nitrogens with two attached hydrogens (primary N) is 1. The van der Waals surface area contributed by atoms with Gasteiger partial charge in [0.05, 0.1) is 5.02 Å². The Morgan fingerprint density at radius 1 is 1.25 bits per heavy atom. The first kappa shape index (κ1) is 11.5. The molecule has 84 valence electrons. The van der Waals surface area contributed by atoms with Gasteiger partial charge in [-0.3, -0.25) is 0 Å². The quantitative estimate of drug-likeness (QED) is 0.912. The number of rotatable bonds is 4. The van der Waals surface area contributed by atoms with E-state index in [0.29, 0.717) is 11.6 Å². The molecule has 0 saturated heterocycles. The molecule has 0 aliphatic rings. The van der Waals surface area contributed by atoms with E-state index in [1.165, 1.54) is 0 Å². The third-order valence-electron chi connectivity index (χ3n) is 2.17. The van der Waals surface area contributed by atoms with Gasteiger partial charge >= 0.3 is 0 Å². The van der Waals surface area contributed by atoms with Crippen molar-refractivity contribution in [2.45, 2.75) is 12.8 Å². The molecule has 2 N–H and O–H groups in total. The molecule has 0 aliphatic carbocycles. The molecule has 1 aromatic heterocycles. The maximum atomic E-state index is 6.09. The summed E-state index contributed by atoms with van der Waals surface area (Å²) in [6.07, 6.45) is 1.83. The second-order valence-corrected chi connectivity index (χ2v) is 4.84. The fourth-order valence-corrected chi connectivity index (χ4v) is 2.55. The van der Waals surface area contributed by atoms with Crippen LogP contribution in [0.25, 0.3) is 10.6 Å². The standard InChI is InChI=1S/C11H12ClN3S/c12-9-5-2-1-4-8(9)11-15-14-10(16-11)6-3-7-13/h1-2,4-5H,3,6-7,13H2. The fraction of sp³-hybridized carbons (Fsp3) is 0.273. The zero-order chi connectivity index (χ0) is 11.4. The lowest BCUT2D eigenvalue weighted by Gasteiger charge is -1.96. The molecule has 0 radical (unpaired) electrons. The smallest absolute Gasteiger partial charge is 0.149 e. The van der Waals surface area contributed by atoms with Gasteiger partial charge < -0.3 is 5.73 Å². The van der Waals surface area contributed by atoms with Crippen molar-refractivity contribution < 1.29 is 0 Å². The minimum Gasteiger partial charge on any atom is -0.330 e. The molecule has 1 heterocycles. The number of aryl methyl sites for hydroxylation is 1. The van der Waals surface area contributed by atoms with E-state index in [4.69, 9.17) is 17.3 Å². The average Bonchev–Trinajstić information content (AvgIpc) is 2.75. The van der Waals surface area contributed by atoms with Gasteiger partial charge in [-0.2, -0.15) is 0 Å². The number of hydrogen-bond donors (Lipinski definition) is 1. The van der Waals surface area contributed by atoms with Gasteiger partial charge in [-0.15, -0.1) is 10.2 Å². The third kappa shape index (κ3) is 2.58. The van der Waals surface area contributed by atoms with Crippen LogP contribution in [0.5, 0.6) is 0 Å². The Bertz CT molecular complexity index is 470. The van der Waals surface area contributed by atoms with Crippen molar-refractivity contribution in [1.82, 2.24) is 10.2 Å². The Morgan fingerprint density at radius 2 is 2.06 bits per heavy atom. The van der Waals surface area contributed by atoms with Gasteiger partial charge in [-0.05, 0) is 19.0 Å². The van der Waals surface area contributed by atoms with Crippen LogP contribution in [-0.4, -0.2) is 16.7 Å². The zero-order valence-electron chi connectivity index (χ0n) is 8.69. The maximum absolute atomic E-state index is 6.09. The molecular formula is C11H12ClN3S. The summed E-state index contributed by atoms with van der Waals surface area (Å²) in [5.41, 5.74) is 6.40. The summed E-state index contributed by atoms with van der Waals surface area (Å²) in [6, 6.07) is 7.66. The molecule has 0 atom stereocenters. The van der Waals surface area contributed by atoms with Crippen molar-refractivity contribution >= 4 is 22.9 Å². The molecule has 5 heteroatoms. The van der Waals surface area contributed by atoms with Crippen LogP contribution in [0.2, 0.25) is 5.02 Å². The van der Waals surface area contributed by atoms with Gasteiger partial charge in [0, 0.05) is 12.0 Å². The lowest BCUT2D eigenvalue weighted by molar-refractivity contribution is 0.812. The number of aromatic nitrogens is 2. The van der Waals surface area contributed by atoms with E-state index in [9.17, 15) is 0 Å². The molecule has 3 nitrogen and oxygen atoms in total. The molecule has 0 fully saturated rings. The van der Waals surface area contributed by atoms with Gasteiger partial charge in [0.2, 0.25) is 0 Å². The summed E-state index contributed by atoms with van der Waals surface area (Å²) >= 11 is 7.67. The Balaban J connectivity index is 2.22. The van der Waals surface area contributed by atoms with Gasteiger partial charge in [-0.25, -0.2) is 0 Å². The highest BCUT2D eigenvalue weighted by atomic mass is 35.5. The normalized spacial score (nSPS) is 10.6. The molecule has 2 rings (SSSR count). The Morgan fingerprint density at radius 3 is 2.81 bits per heavy atom. The second-order valence-electron chi connectivity index (χ2n) is 3.37.